The van der Waals surface area contributed by atoms with Crippen molar-refractivity contribution in [1.82, 2.24) is 5.32 Å². The molecule has 0 saturated heterocycles. The molecule has 0 spiro atoms. The Morgan fingerprint density at radius 1 is 1.21 bits per heavy atom. The highest BCUT2D eigenvalue weighted by Gasteiger charge is 2.35. The van der Waals surface area contributed by atoms with E-state index in [2.05, 4.69) is 26.1 Å². The van der Waals surface area contributed by atoms with Crippen LogP contribution in [-0.2, 0) is 0 Å². The van der Waals surface area contributed by atoms with E-state index in [0.29, 0.717) is 0 Å². The molecule has 0 aliphatic heterocycles. The van der Waals surface area contributed by atoms with Gasteiger partial charge in [0.05, 0.1) is 0 Å². The fourth-order valence-electron chi connectivity index (χ4n) is 3.13. The number of rotatable bonds is 4. The molecule has 1 nitrogen and oxygen atoms in total. The van der Waals surface area contributed by atoms with Crippen molar-refractivity contribution in [3.8, 4) is 0 Å². The van der Waals surface area contributed by atoms with Crippen LogP contribution in [-0.4, -0.2) is 12.1 Å². The Morgan fingerprint density at radius 3 is 2.43 bits per heavy atom. The molecule has 0 bridgehead atoms. The van der Waals surface area contributed by atoms with Crippen LogP contribution in [0.4, 0.5) is 0 Å². The van der Waals surface area contributed by atoms with Gasteiger partial charge in [0.1, 0.15) is 0 Å². The van der Waals surface area contributed by atoms with E-state index in [0.717, 1.165) is 29.8 Å². The number of hydrogen-bond donors (Lipinski definition) is 1. The van der Waals surface area contributed by atoms with Gasteiger partial charge in [-0.1, -0.05) is 20.3 Å². The van der Waals surface area contributed by atoms with E-state index in [-0.39, 0.29) is 0 Å². The molecule has 0 aromatic rings. The summed E-state index contributed by atoms with van der Waals surface area (Å²) >= 11 is 0. The van der Waals surface area contributed by atoms with Gasteiger partial charge in [-0.3, -0.25) is 0 Å². The molecule has 0 radical (unpaired) electrons. The fourth-order valence-corrected chi connectivity index (χ4v) is 3.13. The summed E-state index contributed by atoms with van der Waals surface area (Å²) in [6.07, 6.45) is 7.17. The SMILES string of the molecule is CCC1CCC(NC(C)C2CC2)C1C. The lowest BCUT2D eigenvalue weighted by molar-refractivity contribution is 0.315. The van der Waals surface area contributed by atoms with Crippen LogP contribution in [0.3, 0.4) is 0 Å². The predicted octanol–water partition coefficient (Wildman–Crippen LogP) is 3.20. The molecule has 0 aromatic heterocycles. The van der Waals surface area contributed by atoms with Crippen LogP contribution in [0, 0.1) is 17.8 Å². The molecule has 0 amide bonds. The molecular formula is C13H25N. The van der Waals surface area contributed by atoms with Crippen molar-refractivity contribution in [3.05, 3.63) is 0 Å². The molecule has 4 atom stereocenters. The number of nitrogens with one attached hydrogen (secondary N) is 1. The Labute approximate surface area is 88.7 Å². The average molecular weight is 195 g/mol. The van der Waals surface area contributed by atoms with Crippen molar-refractivity contribution < 1.29 is 0 Å². The molecule has 2 rings (SSSR count). The number of hydrogen-bond acceptors (Lipinski definition) is 1. The molecule has 14 heavy (non-hydrogen) atoms. The van der Waals surface area contributed by atoms with E-state index >= 15 is 0 Å². The smallest absolute Gasteiger partial charge is 0.00980 e. The van der Waals surface area contributed by atoms with Gasteiger partial charge in [0.15, 0.2) is 0 Å². The highest BCUT2D eigenvalue weighted by Crippen LogP contribution is 2.37. The van der Waals surface area contributed by atoms with E-state index in [1.54, 1.807) is 0 Å². The molecule has 82 valence electrons. The van der Waals surface area contributed by atoms with Gasteiger partial charge in [-0.15, -0.1) is 0 Å². The summed E-state index contributed by atoms with van der Waals surface area (Å²) in [7, 11) is 0. The Morgan fingerprint density at radius 2 is 1.93 bits per heavy atom. The van der Waals surface area contributed by atoms with E-state index < -0.39 is 0 Å². The maximum atomic E-state index is 3.85. The van der Waals surface area contributed by atoms with Gasteiger partial charge in [0, 0.05) is 12.1 Å². The summed E-state index contributed by atoms with van der Waals surface area (Å²) in [5, 5.41) is 3.85. The minimum Gasteiger partial charge on any atom is -0.311 e. The van der Waals surface area contributed by atoms with Crippen molar-refractivity contribution >= 4 is 0 Å². The second kappa shape index (κ2) is 4.22. The van der Waals surface area contributed by atoms with E-state index in [4.69, 9.17) is 0 Å². The lowest BCUT2D eigenvalue weighted by Gasteiger charge is -2.24. The zero-order valence-electron chi connectivity index (χ0n) is 9.92. The molecule has 2 fully saturated rings. The summed E-state index contributed by atoms with van der Waals surface area (Å²) in [6.45, 7) is 7.16. The summed E-state index contributed by atoms with van der Waals surface area (Å²) in [4.78, 5) is 0. The molecule has 0 aromatic carbocycles. The second-order valence-electron chi connectivity index (χ2n) is 5.50. The third-order valence-corrected chi connectivity index (χ3v) is 4.56. The van der Waals surface area contributed by atoms with Crippen molar-refractivity contribution in [2.45, 2.75) is 65.0 Å². The van der Waals surface area contributed by atoms with Crippen LogP contribution in [0.1, 0.15) is 52.9 Å². The van der Waals surface area contributed by atoms with Gasteiger partial charge in [-0.2, -0.15) is 0 Å². The summed E-state index contributed by atoms with van der Waals surface area (Å²) < 4.78 is 0. The maximum Gasteiger partial charge on any atom is 0.00980 e. The summed E-state index contributed by atoms with van der Waals surface area (Å²) in [5.41, 5.74) is 0. The lowest BCUT2D eigenvalue weighted by atomic mass is 9.93. The van der Waals surface area contributed by atoms with Gasteiger partial charge >= 0.3 is 0 Å². The molecule has 1 heteroatoms. The van der Waals surface area contributed by atoms with Crippen molar-refractivity contribution in [3.63, 3.8) is 0 Å². The maximum absolute atomic E-state index is 3.85. The zero-order chi connectivity index (χ0) is 10.1. The first-order valence-electron chi connectivity index (χ1n) is 6.48. The van der Waals surface area contributed by atoms with E-state index in [1.807, 2.05) is 0 Å². The quantitative estimate of drug-likeness (QED) is 0.726. The molecular weight excluding hydrogens is 170 g/mol. The molecule has 2 aliphatic carbocycles. The van der Waals surface area contributed by atoms with Crippen LogP contribution >= 0.6 is 0 Å². The standard InChI is InChI=1S/C13H25N/c1-4-11-7-8-13(9(11)2)14-10(3)12-5-6-12/h9-14H,4-8H2,1-3H3. The van der Waals surface area contributed by atoms with Crippen molar-refractivity contribution in [2.75, 3.05) is 0 Å². The van der Waals surface area contributed by atoms with Gasteiger partial charge < -0.3 is 5.32 Å². The third-order valence-electron chi connectivity index (χ3n) is 4.56. The normalized spacial score (nSPS) is 40.1. The first-order chi connectivity index (χ1) is 6.72. The van der Waals surface area contributed by atoms with Crippen LogP contribution < -0.4 is 5.32 Å². The summed E-state index contributed by atoms with van der Waals surface area (Å²) in [6, 6.07) is 1.59. The topological polar surface area (TPSA) is 12.0 Å². The first-order valence-corrected chi connectivity index (χ1v) is 6.48. The van der Waals surface area contributed by atoms with Crippen molar-refractivity contribution in [2.24, 2.45) is 17.8 Å². The average Bonchev–Trinajstić information content (AvgIpc) is 2.95. The zero-order valence-corrected chi connectivity index (χ0v) is 9.92. The molecule has 2 aliphatic rings. The second-order valence-corrected chi connectivity index (χ2v) is 5.50. The van der Waals surface area contributed by atoms with Crippen LogP contribution in [0.2, 0.25) is 0 Å². The Hall–Kier alpha value is -0.0400. The van der Waals surface area contributed by atoms with Gasteiger partial charge in [0.2, 0.25) is 0 Å². The third kappa shape index (κ3) is 2.13. The Bertz CT molecular complexity index is 186. The minimum absolute atomic E-state index is 0.776. The highest BCUT2D eigenvalue weighted by molar-refractivity contribution is 4.91. The van der Waals surface area contributed by atoms with Crippen LogP contribution in [0.15, 0.2) is 0 Å². The lowest BCUT2D eigenvalue weighted by Crippen LogP contribution is -2.40. The van der Waals surface area contributed by atoms with Gasteiger partial charge in [0.25, 0.3) is 0 Å². The molecule has 1 N–H and O–H groups in total. The monoisotopic (exact) mass is 195 g/mol. The molecule has 2 saturated carbocycles. The van der Waals surface area contributed by atoms with Crippen LogP contribution in [0.25, 0.3) is 0 Å². The predicted molar refractivity (Wildman–Crippen MR) is 61.3 cm³/mol. The molecule has 4 unspecified atom stereocenters. The first kappa shape index (κ1) is 10.5. The summed E-state index contributed by atoms with van der Waals surface area (Å²) in [5.74, 6) is 2.89. The van der Waals surface area contributed by atoms with Gasteiger partial charge in [-0.25, -0.2) is 0 Å². The van der Waals surface area contributed by atoms with Crippen LogP contribution in [0.5, 0.6) is 0 Å². The highest BCUT2D eigenvalue weighted by atomic mass is 15.0. The Balaban J connectivity index is 1.80. The minimum atomic E-state index is 0.776. The van der Waals surface area contributed by atoms with Crippen molar-refractivity contribution in [1.29, 1.82) is 0 Å². The molecule has 0 heterocycles. The van der Waals surface area contributed by atoms with Gasteiger partial charge in [-0.05, 0) is 50.4 Å². The largest absolute Gasteiger partial charge is 0.311 e. The van der Waals surface area contributed by atoms with E-state index in [9.17, 15) is 0 Å². The Kier molecular flexibility index (Phi) is 3.16. The van der Waals surface area contributed by atoms with E-state index in [1.165, 1.54) is 32.1 Å². The fraction of sp³-hybridized carbons (Fsp3) is 1.00.